The number of carbonyl (C=O) groups excluding carboxylic acids is 1. The molecule has 0 saturated carbocycles. The molecule has 0 aliphatic heterocycles. The number of aromatic amines is 1. The molecule has 0 radical (unpaired) electrons. The van der Waals surface area contributed by atoms with Gasteiger partial charge in [0.2, 0.25) is 0 Å². The van der Waals surface area contributed by atoms with E-state index in [0.717, 1.165) is 29.0 Å². The molecule has 0 unspecified atom stereocenters. The third-order valence-electron chi connectivity index (χ3n) is 5.42. The van der Waals surface area contributed by atoms with E-state index in [1.807, 2.05) is 5.48 Å². The molecule has 39 heavy (non-hydrogen) atoms. The Morgan fingerprint density at radius 2 is 1.74 bits per heavy atom. The zero-order chi connectivity index (χ0) is 28.3. The van der Waals surface area contributed by atoms with Crippen molar-refractivity contribution >= 4 is 22.8 Å². The van der Waals surface area contributed by atoms with Crippen molar-refractivity contribution in [2.45, 2.75) is 6.61 Å². The maximum Gasteiger partial charge on any atom is 0.343 e. The highest BCUT2D eigenvalue weighted by Gasteiger charge is 2.21. The number of methoxy groups -OCH3 is 2. The van der Waals surface area contributed by atoms with Gasteiger partial charge in [0, 0.05) is 12.1 Å². The zero-order valence-corrected chi connectivity index (χ0v) is 20.6. The van der Waals surface area contributed by atoms with Crippen molar-refractivity contribution in [3.63, 3.8) is 0 Å². The third-order valence-corrected chi connectivity index (χ3v) is 5.42. The lowest BCUT2D eigenvalue weighted by Gasteiger charge is -2.16. The van der Waals surface area contributed by atoms with Gasteiger partial charge in [0.25, 0.3) is 5.56 Å². The highest BCUT2D eigenvalue weighted by molar-refractivity contribution is 5.90. The van der Waals surface area contributed by atoms with Crippen LogP contribution in [0.3, 0.4) is 0 Å². The van der Waals surface area contributed by atoms with Crippen LogP contribution in [0.2, 0.25) is 0 Å². The number of halogens is 3. The van der Waals surface area contributed by atoms with Crippen molar-refractivity contribution in [1.29, 1.82) is 0 Å². The van der Waals surface area contributed by atoms with Gasteiger partial charge in [-0.3, -0.25) is 14.6 Å². The van der Waals surface area contributed by atoms with Gasteiger partial charge in [-0.25, -0.2) is 37.8 Å². The van der Waals surface area contributed by atoms with Gasteiger partial charge in [0.15, 0.2) is 34.6 Å². The van der Waals surface area contributed by atoms with Gasteiger partial charge in [0.1, 0.15) is 12.4 Å². The summed E-state index contributed by atoms with van der Waals surface area (Å²) in [6, 6.07) is 4.52. The van der Waals surface area contributed by atoms with E-state index in [2.05, 4.69) is 20.1 Å². The summed E-state index contributed by atoms with van der Waals surface area (Å²) in [7, 11) is 3.70. The number of H-pyrrole nitrogens is 1. The molecule has 0 fully saturated rings. The Balaban J connectivity index is 1.81. The fourth-order valence-electron chi connectivity index (χ4n) is 3.68. The van der Waals surface area contributed by atoms with Crippen LogP contribution in [-0.2, 0) is 11.4 Å². The second kappa shape index (κ2) is 11.1. The normalized spacial score (nSPS) is 10.8. The minimum absolute atomic E-state index is 0.00541. The van der Waals surface area contributed by atoms with E-state index in [4.69, 9.17) is 14.2 Å². The first-order chi connectivity index (χ1) is 18.7. The topological polar surface area (TPSA) is 146 Å². The molecule has 0 spiro atoms. The quantitative estimate of drug-likeness (QED) is 0.286. The molecule has 12 nitrogen and oxygen atoms in total. The van der Waals surface area contributed by atoms with Gasteiger partial charge in [0.05, 0.1) is 49.9 Å². The van der Waals surface area contributed by atoms with Crippen molar-refractivity contribution < 1.29 is 37.0 Å². The third kappa shape index (κ3) is 5.33. The van der Waals surface area contributed by atoms with Gasteiger partial charge in [-0.1, -0.05) is 0 Å². The molecular formula is C24H20F3N5O7. The number of rotatable bonds is 8. The molecule has 4 aromatic rings. The Hall–Kier alpha value is -5.05. The number of aromatic nitrogens is 3. The van der Waals surface area contributed by atoms with Crippen LogP contribution in [0.15, 0.2) is 46.1 Å². The number of urea groups is 1. The number of hydroxylamine groups is 1. The smallest absolute Gasteiger partial charge is 0.343 e. The predicted octanol–water partition coefficient (Wildman–Crippen LogP) is 2.77. The number of ether oxygens (including phenoxy) is 3. The number of amides is 2. The molecule has 2 aromatic carbocycles. The van der Waals surface area contributed by atoms with E-state index in [-0.39, 0.29) is 39.5 Å². The Morgan fingerprint density at radius 3 is 2.44 bits per heavy atom. The molecule has 0 bridgehead atoms. The van der Waals surface area contributed by atoms with Crippen LogP contribution < -0.4 is 36.3 Å². The van der Waals surface area contributed by atoms with Crippen LogP contribution in [0.25, 0.3) is 16.7 Å². The molecule has 15 heteroatoms. The van der Waals surface area contributed by atoms with Gasteiger partial charge in [-0.05, 0) is 18.2 Å². The number of hydrogen-bond donors (Lipinski definition) is 3. The Morgan fingerprint density at radius 1 is 1.00 bits per heavy atom. The number of fused-ring (bicyclic) bond motifs is 1. The first-order valence-corrected chi connectivity index (χ1v) is 10.9. The second-order valence-corrected chi connectivity index (χ2v) is 7.74. The molecular weight excluding hydrogens is 527 g/mol. The van der Waals surface area contributed by atoms with Crippen molar-refractivity contribution in [3.05, 3.63) is 80.4 Å². The predicted molar refractivity (Wildman–Crippen MR) is 131 cm³/mol. The first kappa shape index (κ1) is 27.0. The maximum atomic E-state index is 15.2. The fourth-order valence-corrected chi connectivity index (χ4v) is 3.68. The fraction of sp³-hybridized carbons (Fsp3) is 0.167. The van der Waals surface area contributed by atoms with E-state index in [1.54, 1.807) is 0 Å². The molecule has 0 saturated heterocycles. The van der Waals surface area contributed by atoms with Gasteiger partial charge < -0.3 is 19.5 Å². The molecule has 2 heterocycles. The lowest BCUT2D eigenvalue weighted by Crippen LogP contribution is -2.31. The summed E-state index contributed by atoms with van der Waals surface area (Å²) in [5.41, 5.74) is -0.720. The molecule has 0 atom stereocenters. The Bertz CT molecular complexity index is 1690. The number of pyridine rings is 1. The zero-order valence-electron chi connectivity index (χ0n) is 20.6. The number of carbonyl (C=O) groups is 1. The van der Waals surface area contributed by atoms with Crippen LogP contribution >= 0.6 is 0 Å². The maximum absolute atomic E-state index is 15.2. The molecule has 2 aromatic heterocycles. The van der Waals surface area contributed by atoms with Gasteiger partial charge in [-0.2, -0.15) is 0 Å². The molecule has 4 rings (SSSR count). The average Bonchev–Trinajstić information content (AvgIpc) is 2.91. The summed E-state index contributed by atoms with van der Waals surface area (Å²) in [4.78, 5) is 47.6. The van der Waals surface area contributed by atoms with Gasteiger partial charge >= 0.3 is 11.7 Å². The van der Waals surface area contributed by atoms with Crippen LogP contribution in [0.4, 0.5) is 23.7 Å². The summed E-state index contributed by atoms with van der Waals surface area (Å²) >= 11 is 0. The number of nitrogens with zero attached hydrogens (tertiary/aromatic N) is 2. The summed E-state index contributed by atoms with van der Waals surface area (Å²) in [6.45, 7) is -0.549. The van der Waals surface area contributed by atoms with E-state index in [0.29, 0.717) is 0 Å². The first-order valence-electron chi connectivity index (χ1n) is 10.9. The molecule has 0 aliphatic rings. The highest BCUT2D eigenvalue weighted by Crippen LogP contribution is 2.34. The monoisotopic (exact) mass is 547 g/mol. The SMILES string of the molecule is CONC(=O)Nc1cnc2c(c1)c(=O)[nH]c(=O)n2-c1cc(OCc2c(OC)ccc(F)c2F)c(OC)cc1F. The van der Waals surface area contributed by atoms with Crippen LogP contribution in [-0.4, -0.2) is 41.9 Å². The van der Waals surface area contributed by atoms with Crippen LogP contribution in [0.5, 0.6) is 17.2 Å². The summed E-state index contributed by atoms with van der Waals surface area (Å²) < 4.78 is 60.0. The lowest BCUT2D eigenvalue weighted by molar-refractivity contribution is 0.114. The van der Waals surface area contributed by atoms with E-state index < -0.39 is 47.0 Å². The Kier molecular flexibility index (Phi) is 7.71. The summed E-state index contributed by atoms with van der Waals surface area (Å²) in [5, 5.41) is 2.19. The highest BCUT2D eigenvalue weighted by atomic mass is 19.2. The van der Waals surface area contributed by atoms with Crippen molar-refractivity contribution in [2.75, 3.05) is 26.6 Å². The molecule has 3 N–H and O–H groups in total. The van der Waals surface area contributed by atoms with Crippen molar-refractivity contribution in [3.8, 4) is 22.9 Å². The van der Waals surface area contributed by atoms with E-state index in [1.165, 1.54) is 33.5 Å². The summed E-state index contributed by atoms with van der Waals surface area (Å²) in [5.74, 6) is -3.57. The van der Waals surface area contributed by atoms with Crippen LogP contribution in [0.1, 0.15) is 5.56 Å². The lowest BCUT2D eigenvalue weighted by atomic mass is 10.2. The molecule has 0 aliphatic carbocycles. The number of benzene rings is 2. The van der Waals surface area contributed by atoms with Crippen molar-refractivity contribution in [2.24, 2.45) is 0 Å². The number of hydrogen-bond acceptors (Lipinski definition) is 8. The number of anilines is 1. The Labute approximate surface area is 216 Å². The van der Waals surface area contributed by atoms with E-state index >= 15 is 4.39 Å². The minimum Gasteiger partial charge on any atom is -0.496 e. The standard InChI is InChI=1S/C24H20F3N5O7/c1-36-17-5-4-14(25)20(27)13(17)10-39-19-8-16(15(26)7-18(19)37-2)32-21-12(22(33)30-24(32)35)6-11(9-28-21)29-23(34)31-38-3/h4-9H,10H2,1-3H3,(H2,29,31,34)(H,30,33,35). The summed E-state index contributed by atoms with van der Waals surface area (Å²) in [6.07, 6.45) is 1.13. The largest absolute Gasteiger partial charge is 0.496 e. The second-order valence-electron chi connectivity index (χ2n) is 7.74. The van der Waals surface area contributed by atoms with Crippen LogP contribution in [0, 0.1) is 17.5 Å². The molecule has 2 amide bonds. The van der Waals surface area contributed by atoms with E-state index in [9.17, 15) is 23.2 Å². The number of nitrogens with one attached hydrogen (secondary N) is 3. The average molecular weight is 547 g/mol. The minimum atomic E-state index is -1.20. The van der Waals surface area contributed by atoms with Crippen molar-refractivity contribution in [1.82, 2.24) is 20.0 Å². The van der Waals surface area contributed by atoms with Gasteiger partial charge in [-0.15, -0.1) is 0 Å². The molecule has 204 valence electrons.